The SMILES string of the molecule is C[C@@H](CO)c1cc(I)ccc1Oc1ccc(O[Si](C)(C)C(C)(C)C)cc1. The molecule has 0 heterocycles. The predicted molar refractivity (Wildman–Crippen MR) is 119 cm³/mol. The zero-order valence-corrected chi connectivity index (χ0v) is 19.6. The zero-order chi connectivity index (χ0) is 19.5. The summed E-state index contributed by atoms with van der Waals surface area (Å²) in [6.45, 7) is 13.3. The highest BCUT2D eigenvalue weighted by Crippen LogP contribution is 2.38. The van der Waals surface area contributed by atoms with Crippen LogP contribution in [-0.4, -0.2) is 20.0 Å². The van der Waals surface area contributed by atoms with E-state index >= 15 is 0 Å². The van der Waals surface area contributed by atoms with Gasteiger partial charge in [0.15, 0.2) is 0 Å². The third kappa shape index (κ3) is 5.24. The third-order valence-electron chi connectivity index (χ3n) is 5.01. The van der Waals surface area contributed by atoms with Crippen molar-refractivity contribution in [2.75, 3.05) is 6.61 Å². The minimum atomic E-state index is -1.84. The first-order valence-corrected chi connectivity index (χ1v) is 12.9. The monoisotopic (exact) mass is 484 g/mol. The van der Waals surface area contributed by atoms with Gasteiger partial charge in [-0.1, -0.05) is 27.7 Å². The highest BCUT2D eigenvalue weighted by Gasteiger charge is 2.38. The lowest BCUT2D eigenvalue weighted by molar-refractivity contribution is 0.271. The maximum absolute atomic E-state index is 9.51. The summed E-state index contributed by atoms with van der Waals surface area (Å²) in [5.41, 5.74) is 1.01. The number of halogens is 1. The van der Waals surface area contributed by atoms with Gasteiger partial charge in [-0.2, -0.15) is 0 Å². The Labute approximate surface area is 172 Å². The number of hydrogen-bond donors (Lipinski definition) is 1. The highest BCUT2D eigenvalue weighted by molar-refractivity contribution is 14.1. The standard InChI is InChI=1S/C21H29IO3Si/c1-15(14-23)19-13-16(22)7-12-20(19)24-17-8-10-18(11-9-17)25-26(5,6)21(2,3)4/h7-13,15,23H,14H2,1-6H3/t15-/m0/s1. The van der Waals surface area contributed by atoms with Crippen LogP contribution in [0.25, 0.3) is 0 Å². The Morgan fingerprint density at radius 2 is 1.62 bits per heavy atom. The van der Waals surface area contributed by atoms with Crippen LogP contribution in [0, 0.1) is 3.57 Å². The molecule has 0 aromatic heterocycles. The molecule has 2 aromatic carbocycles. The summed E-state index contributed by atoms with van der Waals surface area (Å²) in [7, 11) is -1.84. The molecule has 0 saturated heterocycles. The quantitative estimate of drug-likeness (QED) is 0.373. The predicted octanol–water partition coefficient (Wildman–Crippen LogP) is 6.56. The van der Waals surface area contributed by atoms with E-state index in [0.29, 0.717) is 0 Å². The van der Waals surface area contributed by atoms with Crippen LogP contribution < -0.4 is 9.16 Å². The summed E-state index contributed by atoms with van der Waals surface area (Å²) < 4.78 is 13.5. The molecule has 0 radical (unpaired) electrons. The van der Waals surface area contributed by atoms with E-state index in [1.165, 1.54) is 0 Å². The zero-order valence-electron chi connectivity index (χ0n) is 16.5. The first kappa shape index (κ1) is 21.2. The Balaban J connectivity index is 2.18. The molecule has 0 unspecified atom stereocenters. The fourth-order valence-corrected chi connectivity index (χ4v) is 3.79. The van der Waals surface area contributed by atoms with Gasteiger partial charge in [0.05, 0.1) is 0 Å². The van der Waals surface area contributed by atoms with Crippen LogP contribution in [0.4, 0.5) is 0 Å². The van der Waals surface area contributed by atoms with E-state index in [9.17, 15) is 5.11 Å². The van der Waals surface area contributed by atoms with E-state index < -0.39 is 8.32 Å². The Morgan fingerprint density at radius 3 is 2.15 bits per heavy atom. The lowest BCUT2D eigenvalue weighted by Crippen LogP contribution is -2.43. The molecule has 1 atom stereocenters. The minimum absolute atomic E-state index is 0.0286. The third-order valence-corrected chi connectivity index (χ3v) is 10.0. The molecule has 2 aromatic rings. The summed E-state index contributed by atoms with van der Waals surface area (Å²) in [5, 5.41) is 9.67. The van der Waals surface area contributed by atoms with Gasteiger partial charge in [-0.25, -0.2) is 0 Å². The maximum atomic E-state index is 9.51. The van der Waals surface area contributed by atoms with Crippen LogP contribution in [0.5, 0.6) is 17.2 Å². The summed E-state index contributed by atoms with van der Waals surface area (Å²) >= 11 is 2.28. The van der Waals surface area contributed by atoms with E-state index in [4.69, 9.17) is 9.16 Å². The van der Waals surface area contributed by atoms with Crippen molar-refractivity contribution in [2.45, 2.75) is 51.7 Å². The first-order chi connectivity index (χ1) is 12.0. The fourth-order valence-electron chi connectivity index (χ4n) is 2.25. The summed E-state index contributed by atoms with van der Waals surface area (Å²) in [6, 6.07) is 13.9. The van der Waals surface area contributed by atoms with Crippen molar-refractivity contribution in [1.29, 1.82) is 0 Å². The Kier molecular flexibility index (Phi) is 6.79. The molecular weight excluding hydrogens is 455 g/mol. The second kappa shape index (κ2) is 8.31. The van der Waals surface area contributed by atoms with Crippen molar-refractivity contribution in [3.8, 4) is 17.2 Å². The van der Waals surface area contributed by atoms with Crippen molar-refractivity contribution in [1.82, 2.24) is 0 Å². The van der Waals surface area contributed by atoms with E-state index in [0.717, 1.165) is 26.4 Å². The fraction of sp³-hybridized carbons (Fsp3) is 0.429. The molecule has 0 saturated carbocycles. The molecule has 0 fully saturated rings. The summed E-state index contributed by atoms with van der Waals surface area (Å²) in [6.07, 6.45) is 0. The normalized spacial score (nSPS) is 13.4. The average Bonchev–Trinajstić information content (AvgIpc) is 2.56. The molecule has 0 aliphatic heterocycles. The topological polar surface area (TPSA) is 38.7 Å². The summed E-state index contributed by atoms with van der Waals surface area (Å²) in [5.74, 6) is 2.46. The van der Waals surface area contributed by atoms with Gasteiger partial charge >= 0.3 is 0 Å². The molecule has 0 spiro atoms. The Hall–Kier alpha value is -1.05. The number of hydrogen-bond acceptors (Lipinski definition) is 3. The van der Waals surface area contributed by atoms with Crippen molar-refractivity contribution in [3.63, 3.8) is 0 Å². The van der Waals surface area contributed by atoms with E-state index in [1.54, 1.807) is 0 Å². The number of rotatable bonds is 6. The van der Waals surface area contributed by atoms with Gasteiger partial charge in [0.1, 0.15) is 17.2 Å². The van der Waals surface area contributed by atoms with Gasteiger partial charge in [-0.05, 0) is 83.2 Å². The van der Waals surface area contributed by atoms with Crippen LogP contribution in [0.15, 0.2) is 42.5 Å². The van der Waals surface area contributed by atoms with Crippen LogP contribution in [0.1, 0.15) is 39.2 Å². The molecule has 26 heavy (non-hydrogen) atoms. The van der Waals surface area contributed by atoms with Crippen molar-refractivity contribution >= 4 is 30.9 Å². The largest absolute Gasteiger partial charge is 0.543 e. The van der Waals surface area contributed by atoms with E-state index in [2.05, 4.69) is 62.5 Å². The van der Waals surface area contributed by atoms with Gasteiger partial charge in [0, 0.05) is 21.7 Å². The van der Waals surface area contributed by atoms with Crippen molar-refractivity contribution < 1.29 is 14.3 Å². The molecule has 0 aliphatic rings. The first-order valence-electron chi connectivity index (χ1n) is 8.91. The molecule has 1 N–H and O–H groups in total. The van der Waals surface area contributed by atoms with E-state index in [1.807, 2.05) is 43.3 Å². The molecule has 0 amide bonds. The number of aliphatic hydroxyl groups is 1. The second-order valence-electron chi connectivity index (χ2n) is 8.20. The number of ether oxygens (including phenoxy) is 1. The minimum Gasteiger partial charge on any atom is -0.543 e. The molecule has 2 rings (SSSR count). The summed E-state index contributed by atoms with van der Waals surface area (Å²) in [4.78, 5) is 0. The molecule has 0 aliphatic carbocycles. The lowest BCUT2D eigenvalue weighted by Gasteiger charge is -2.36. The van der Waals surface area contributed by atoms with Gasteiger partial charge in [0.25, 0.3) is 0 Å². The Bertz CT molecular complexity index is 736. The van der Waals surface area contributed by atoms with E-state index in [-0.39, 0.29) is 17.6 Å². The van der Waals surface area contributed by atoms with Gasteiger partial charge < -0.3 is 14.3 Å². The van der Waals surface area contributed by atoms with Gasteiger partial charge in [0.2, 0.25) is 8.32 Å². The maximum Gasteiger partial charge on any atom is 0.250 e. The highest BCUT2D eigenvalue weighted by atomic mass is 127. The molecule has 5 heteroatoms. The second-order valence-corrected chi connectivity index (χ2v) is 14.2. The smallest absolute Gasteiger partial charge is 0.250 e. The van der Waals surface area contributed by atoms with Crippen LogP contribution in [0.3, 0.4) is 0 Å². The lowest BCUT2D eigenvalue weighted by atomic mass is 10.0. The molecule has 3 nitrogen and oxygen atoms in total. The number of benzene rings is 2. The number of aliphatic hydroxyl groups excluding tert-OH is 1. The average molecular weight is 484 g/mol. The molecule has 142 valence electrons. The molecule has 0 bridgehead atoms. The molecular formula is C21H29IO3Si. The van der Waals surface area contributed by atoms with Crippen LogP contribution in [0.2, 0.25) is 18.1 Å². The van der Waals surface area contributed by atoms with Crippen LogP contribution >= 0.6 is 22.6 Å². The van der Waals surface area contributed by atoms with Gasteiger partial charge in [-0.15, -0.1) is 0 Å². The van der Waals surface area contributed by atoms with Crippen molar-refractivity contribution in [3.05, 3.63) is 51.6 Å². The van der Waals surface area contributed by atoms with Crippen molar-refractivity contribution in [2.24, 2.45) is 0 Å². The van der Waals surface area contributed by atoms with Crippen LogP contribution in [-0.2, 0) is 0 Å². The van der Waals surface area contributed by atoms with Gasteiger partial charge in [-0.3, -0.25) is 0 Å². The Morgan fingerprint density at radius 1 is 1.04 bits per heavy atom.